The quantitative estimate of drug-likeness (QED) is 0.494. The average Bonchev–Trinajstić information content (AvgIpc) is 2.88. The molecule has 4 rings (SSSR count). The van der Waals surface area contributed by atoms with Crippen LogP contribution in [0.3, 0.4) is 0 Å². The van der Waals surface area contributed by atoms with Crippen molar-refractivity contribution in [3.8, 4) is 5.75 Å². The summed E-state index contributed by atoms with van der Waals surface area (Å²) in [6.07, 6.45) is 0.964. The number of hydrogen-bond acceptors (Lipinski definition) is 5. The molecule has 0 aromatic heterocycles. The second-order valence-electron chi connectivity index (χ2n) is 8.50. The third-order valence-corrected chi connectivity index (χ3v) is 7.90. The summed E-state index contributed by atoms with van der Waals surface area (Å²) in [6.45, 7) is 4.01. The molecule has 1 saturated heterocycles. The van der Waals surface area contributed by atoms with Gasteiger partial charge in [-0.25, -0.2) is 8.42 Å². The van der Waals surface area contributed by atoms with Gasteiger partial charge in [0.25, 0.3) is 5.91 Å². The van der Waals surface area contributed by atoms with Gasteiger partial charge in [0.15, 0.2) is 9.84 Å². The highest BCUT2D eigenvalue weighted by Gasteiger charge is 2.22. The van der Waals surface area contributed by atoms with Gasteiger partial charge in [-0.05, 0) is 53.9 Å². The maximum atomic E-state index is 12.9. The van der Waals surface area contributed by atoms with E-state index in [0.29, 0.717) is 29.1 Å². The highest BCUT2D eigenvalue weighted by molar-refractivity contribution is 7.90. The van der Waals surface area contributed by atoms with Crippen LogP contribution in [-0.4, -0.2) is 64.0 Å². The van der Waals surface area contributed by atoms with E-state index in [1.807, 2.05) is 17.0 Å². The van der Waals surface area contributed by atoms with Crippen LogP contribution in [0.25, 0.3) is 0 Å². The molecular weight excluding hydrogens is 448 g/mol. The Morgan fingerprint density at radius 3 is 2.06 bits per heavy atom. The fourth-order valence-electron chi connectivity index (χ4n) is 4.11. The molecule has 3 aromatic rings. The summed E-state index contributed by atoms with van der Waals surface area (Å²) in [4.78, 5) is 17.5. The molecule has 178 valence electrons. The lowest BCUT2D eigenvalue weighted by Gasteiger charge is -2.34. The zero-order valence-corrected chi connectivity index (χ0v) is 20.2. The summed E-state index contributed by atoms with van der Waals surface area (Å²) in [6, 6.07) is 23.5. The number of benzene rings is 3. The molecule has 34 heavy (non-hydrogen) atoms. The molecule has 1 heterocycles. The number of amides is 1. The minimum atomic E-state index is -3.41. The van der Waals surface area contributed by atoms with Crippen LogP contribution in [0.4, 0.5) is 0 Å². The Balaban J connectivity index is 1.27. The van der Waals surface area contributed by atoms with Crippen LogP contribution >= 0.6 is 0 Å². The van der Waals surface area contributed by atoms with Crippen LogP contribution in [0.2, 0.25) is 0 Å². The Morgan fingerprint density at radius 2 is 1.44 bits per heavy atom. The van der Waals surface area contributed by atoms with Crippen molar-refractivity contribution in [3.05, 3.63) is 95.6 Å². The van der Waals surface area contributed by atoms with E-state index in [2.05, 4.69) is 17.0 Å². The molecule has 1 aliphatic heterocycles. The van der Waals surface area contributed by atoms with Gasteiger partial charge in [-0.1, -0.05) is 42.5 Å². The molecule has 0 bridgehead atoms. The number of carbonyl (C=O) groups excluding carboxylic acids is 1. The molecule has 0 atom stereocenters. The summed E-state index contributed by atoms with van der Waals surface area (Å²) >= 11 is 0. The number of rotatable bonds is 8. The largest absolute Gasteiger partial charge is 0.497 e. The predicted octanol–water partition coefficient (Wildman–Crippen LogP) is 3.67. The van der Waals surface area contributed by atoms with Crippen LogP contribution in [0.1, 0.15) is 21.5 Å². The Morgan fingerprint density at radius 1 is 0.824 bits per heavy atom. The third-order valence-electron chi connectivity index (χ3n) is 6.20. The number of piperazine rings is 1. The van der Waals surface area contributed by atoms with E-state index in [0.717, 1.165) is 31.8 Å². The number of hydrogen-bond donors (Lipinski definition) is 0. The molecule has 0 radical (unpaired) electrons. The Hall–Kier alpha value is -3.16. The summed E-state index contributed by atoms with van der Waals surface area (Å²) in [5.74, 6) is 0.771. The summed E-state index contributed by atoms with van der Waals surface area (Å²) in [5.41, 5.74) is 2.53. The minimum Gasteiger partial charge on any atom is -0.497 e. The van der Waals surface area contributed by atoms with Crippen LogP contribution in [0.15, 0.2) is 83.8 Å². The first-order chi connectivity index (χ1) is 16.4. The van der Waals surface area contributed by atoms with E-state index < -0.39 is 9.84 Å². The SMILES string of the molecule is COc1ccc(CCN2CCN(C(=O)c3ccc(CS(=O)(=O)c4ccccc4)cc3)CC2)cc1. The molecular formula is C27H30N2O4S. The molecule has 1 amide bonds. The van der Waals surface area contributed by atoms with E-state index >= 15 is 0 Å². The van der Waals surface area contributed by atoms with Gasteiger partial charge >= 0.3 is 0 Å². The topological polar surface area (TPSA) is 66.9 Å². The first-order valence-corrected chi connectivity index (χ1v) is 13.1. The fraction of sp³-hybridized carbons (Fsp3) is 0.296. The zero-order valence-electron chi connectivity index (χ0n) is 19.4. The maximum Gasteiger partial charge on any atom is 0.253 e. The zero-order chi connectivity index (χ0) is 24.0. The Kier molecular flexibility index (Phi) is 7.65. The molecule has 6 nitrogen and oxygen atoms in total. The summed E-state index contributed by atoms with van der Waals surface area (Å²) in [5, 5.41) is 0. The highest BCUT2D eigenvalue weighted by Crippen LogP contribution is 2.18. The average molecular weight is 479 g/mol. The van der Waals surface area contributed by atoms with Gasteiger partial charge in [0, 0.05) is 38.3 Å². The molecule has 3 aromatic carbocycles. The summed E-state index contributed by atoms with van der Waals surface area (Å²) in [7, 11) is -1.74. The summed E-state index contributed by atoms with van der Waals surface area (Å²) < 4.78 is 30.4. The molecule has 0 aliphatic carbocycles. The molecule has 0 N–H and O–H groups in total. The molecule has 7 heteroatoms. The molecule has 1 fully saturated rings. The smallest absolute Gasteiger partial charge is 0.253 e. The molecule has 0 spiro atoms. The molecule has 0 saturated carbocycles. The number of nitrogens with zero attached hydrogens (tertiary/aromatic N) is 2. The highest BCUT2D eigenvalue weighted by atomic mass is 32.2. The number of carbonyl (C=O) groups is 1. The fourth-order valence-corrected chi connectivity index (χ4v) is 5.48. The molecule has 1 aliphatic rings. The van der Waals surface area contributed by atoms with Gasteiger partial charge in [0.1, 0.15) is 5.75 Å². The van der Waals surface area contributed by atoms with Crippen molar-refractivity contribution in [1.29, 1.82) is 0 Å². The van der Waals surface area contributed by atoms with Gasteiger partial charge in [0.2, 0.25) is 0 Å². The second-order valence-corrected chi connectivity index (χ2v) is 10.5. The van der Waals surface area contributed by atoms with E-state index in [4.69, 9.17) is 4.74 Å². The third kappa shape index (κ3) is 6.04. The lowest BCUT2D eigenvalue weighted by Crippen LogP contribution is -2.49. The van der Waals surface area contributed by atoms with Crippen LogP contribution < -0.4 is 4.74 Å². The normalized spacial score (nSPS) is 14.7. The lowest BCUT2D eigenvalue weighted by atomic mass is 10.1. The van der Waals surface area contributed by atoms with Crippen molar-refractivity contribution < 1.29 is 17.9 Å². The van der Waals surface area contributed by atoms with Crippen molar-refractivity contribution in [2.75, 3.05) is 39.8 Å². The van der Waals surface area contributed by atoms with Gasteiger partial charge in [0.05, 0.1) is 17.8 Å². The lowest BCUT2D eigenvalue weighted by molar-refractivity contribution is 0.0638. The van der Waals surface area contributed by atoms with E-state index in [-0.39, 0.29) is 11.7 Å². The van der Waals surface area contributed by atoms with Crippen LogP contribution in [-0.2, 0) is 22.0 Å². The Bertz CT molecular complexity index is 1190. The van der Waals surface area contributed by atoms with E-state index in [1.54, 1.807) is 61.7 Å². The van der Waals surface area contributed by atoms with E-state index in [1.165, 1.54) is 5.56 Å². The van der Waals surface area contributed by atoms with Gasteiger partial charge in [-0.3, -0.25) is 9.69 Å². The first-order valence-electron chi connectivity index (χ1n) is 11.5. The van der Waals surface area contributed by atoms with Crippen LogP contribution in [0, 0.1) is 0 Å². The number of sulfone groups is 1. The second kappa shape index (κ2) is 10.8. The number of methoxy groups -OCH3 is 1. The number of ether oxygens (including phenoxy) is 1. The molecule has 0 unspecified atom stereocenters. The predicted molar refractivity (Wildman–Crippen MR) is 133 cm³/mol. The van der Waals surface area contributed by atoms with E-state index in [9.17, 15) is 13.2 Å². The Labute approximate surface area is 201 Å². The van der Waals surface area contributed by atoms with Gasteiger partial charge in [-0.2, -0.15) is 0 Å². The van der Waals surface area contributed by atoms with Crippen molar-refractivity contribution in [2.24, 2.45) is 0 Å². The van der Waals surface area contributed by atoms with Crippen molar-refractivity contribution in [3.63, 3.8) is 0 Å². The first kappa shape index (κ1) is 24.0. The van der Waals surface area contributed by atoms with Crippen LogP contribution in [0.5, 0.6) is 5.75 Å². The minimum absolute atomic E-state index is 0.00716. The van der Waals surface area contributed by atoms with Crippen molar-refractivity contribution >= 4 is 15.7 Å². The van der Waals surface area contributed by atoms with Gasteiger partial charge in [-0.15, -0.1) is 0 Å². The standard InChI is InChI=1S/C27H30N2O4S/c1-33-25-13-9-22(10-14-25)15-16-28-17-19-29(20-18-28)27(30)24-11-7-23(8-12-24)21-34(31,32)26-5-3-2-4-6-26/h2-14H,15-21H2,1H3. The van der Waals surface area contributed by atoms with Gasteiger partial charge < -0.3 is 9.64 Å². The van der Waals surface area contributed by atoms with Crippen molar-refractivity contribution in [1.82, 2.24) is 9.80 Å². The monoisotopic (exact) mass is 478 g/mol. The maximum absolute atomic E-state index is 12.9. The van der Waals surface area contributed by atoms with Crippen molar-refractivity contribution in [2.45, 2.75) is 17.1 Å².